The summed E-state index contributed by atoms with van der Waals surface area (Å²) >= 11 is 11.1. The van der Waals surface area contributed by atoms with Gasteiger partial charge in [0.05, 0.1) is 0 Å². The summed E-state index contributed by atoms with van der Waals surface area (Å²) in [5.74, 6) is -0.282. The van der Waals surface area contributed by atoms with Crippen LogP contribution in [0, 0.1) is 26.0 Å². The van der Waals surface area contributed by atoms with Gasteiger partial charge in [0, 0.05) is 42.7 Å². The Kier molecular flexibility index (Phi) is 10.1. The number of halogens is 3. The molecule has 0 aliphatic rings. The van der Waals surface area contributed by atoms with E-state index in [0.717, 1.165) is 18.3 Å². The van der Waals surface area contributed by atoms with E-state index in [2.05, 4.69) is 19.9 Å². The van der Waals surface area contributed by atoms with Crippen molar-refractivity contribution in [2.24, 2.45) is 0 Å². The Morgan fingerprint density at radius 1 is 0.857 bits per heavy atom. The minimum Gasteiger partial charge on any atom is -0.453 e. The predicted molar refractivity (Wildman–Crippen MR) is 123 cm³/mol. The van der Waals surface area contributed by atoms with Crippen molar-refractivity contribution < 1.29 is 19.0 Å². The molecule has 0 spiro atoms. The minimum atomic E-state index is -0.681. The molecule has 15 heteroatoms. The van der Waals surface area contributed by atoms with E-state index in [1.54, 1.807) is 6.07 Å². The first-order valence-electron chi connectivity index (χ1n) is 9.14. The zero-order valence-electron chi connectivity index (χ0n) is 17.2. The molecular formula is C20H13Cl2FN6O6. The first-order valence-corrected chi connectivity index (χ1v) is 9.89. The number of ether oxygens (including phenoxy) is 1. The number of pyridine rings is 4. The van der Waals surface area contributed by atoms with Gasteiger partial charge in [-0.25, -0.2) is 9.37 Å². The average molecular weight is 523 g/mol. The number of nitrogens with one attached hydrogen (secondary N) is 1. The standard InChI is InChI=1S/C10H6ClN3O3.C5H4ClNO.C5H3FN2O2/c11-9-5-7(3-4-12-9)17-8-1-2-10(13-6-8)14(15)16;6-5-3-4(8)1-2-7-5;6-4-1-2-5(7-3-4)8(9)10/h1-6H;1-3H,(H,7,8);1-3H. The highest BCUT2D eigenvalue weighted by Gasteiger charge is 2.07. The topological polar surface area (TPSA) is 167 Å². The van der Waals surface area contributed by atoms with E-state index >= 15 is 0 Å². The van der Waals surface area contributed by atoms with E-state index in [-0.39, 0.29) is 17.1 Å². The fourth-order valence-electron chi connectivity index (χ4n) is 2.02. The summed E-state index contributed by atoms with van der Waals surface area (Å²) in [4.78, 5) is 42.7. The van der Waals surface area contributed by atoms with Gasteiger partial charge in [-0.1, -0.05) is 23.2 Å². The lowest BCUT2D eigenvalue weighted by molar-refractivity contribution is -0.389. The zero-order chi connectivity index (χ0) is 25.8. The number of aromatic amines is 1. The van der Waals surface area contributed by atoms with Crippen molar-refractivity contribution in [3.63, 3.8) is 0 Å². The number of hydrogen-bond acceptors (Lipinski definition) is 9. The third-order valence-electron chi connectivity index (χ3n) is 3.48. The summed E-state index contributed by atoms with van der Waals surface area (Å²) in [7, 11) is 0. The van der Waals surface area contributed by atoms with Gasteiger partial charge >= 0.3 is 11.6 Å². The summed E-state index contributed by atoms with van der Waals surface area (Å²) in [5, 5.41) is 21.0. The molecule has 0 aliphatic heterocycles. The van der Waals surface area contributed by atoms with E-state index < -0.39 is 15.7 Å². The maximum absolute atomic E-state index is 12.1. The quantitative estimate of drug-likeness (QED) is 0.220. The molecule has 0 unspecified atom stereocenters. The molecule has 0 saturated carbocycles. The molecule has 0 aromatic carbocycles. The summed E-state index contributed by atoms with van der Waals surface area (Å²) in [6, 6.07) is 10.6. The zero-order valence-corrected chi connectivity index (χ0v) is 18.8. The van der Waals surface area contributed by atoms with Crippen LogP contribution in [-0.4, -0.2) is 29.8 Å². The van der Waals surface area contributed by atoms with Crippen molar-refractivity contribution in [2.75, 3.05) is 0 Å². The molecule has 0 bridgehead atoms. The number of aromatic nitrogens is 4. The van der Waals surface area contributed by atoms with Crippen LogP contribution in [0.3, 0.4) is 0 Å². The third-order valence-corrected chi connectivity index (χ3v) is 3.90. The molecular weight excluding hydrogens is 510 g/mol. The van der Waals surface area contributed by atoms with E-state index in [1.807, 2.05) is 0 Å². The van der Waals surface area contributed by atoms with Crippen LogP contribution < -0.4 is 10.2 Å². The maximum atomic E-state index is 12.1. The Morgan fingerprint density at radius 3 is 1.97 bits per heavy atom. The van der Waals surface area contributed by atoms with Crippen molar-refractivity contribution in [2.45, 2.75) is 0 Å². The molecule has 0 saturated heterocycles. The maximum Gasteiger partial charge on any atom is 0.363 e. The number of nitro groups is 2. The Hall–Kier alpha value is -4.49. The number of rotatable bonds is 4. The lowest BCUT2D eigenvalue weighted by atomic mass is 10.4. The number of nitrogens with zero attached hydrogens (tertiary/aromatic N) is 5. The molecule has 4 heterocycles. The molecule has 180 valence electrons. The molecule has 0 fully saturated rings. The molecule has 0 amide bonds. The number of H-pyrrole nitrogens is 1. The van der Waals surface area contributed by atoms with Gasteiger partial charge in [-0.3, -0.25) is 4.79 Å². The molecule has 4 aromatic rings. The second-order valence-corrected chi connectivity index (χ2v) is 6.78. The van der Waals surface area contributed by atoms with Gasteiger partial charge in [0.1, 0.15) is 16.1 Å². The lowest BCUT2D eigenvalue weighted by Crippen LogP contribution is -1.94. The summed E-state index contributed by atoms with van der Waals surface area (Å²) in [6.07, 6.45) is 5.08. The molecule has 1 N–H and O–H groups in total. The number of hydrogen-bond donors (Lipinski definition) is 1. The van der Waals surface area contributed by atoms with Crippen LogP contribution >= 0.6 is 23.2 Å². The van der Waals surface area contributed by atoms with Gasteiger partial charge in [-0.2, -0.15) is 0 Å². The molecule has 12 nitrogen and oxygen atoms in total. The highest BCUT2D eigenvalue weighted by atomic mass is 35.5. The Morgan fingerprint density at radius 2 is 1.51 bits per heavy atom. The average Bonchev–Trinajstić information content (AvgIpc) is 2.80. The smallest absolute Gasteiger partial charge is 0.363 e. The normalized spacial score (nSPS) is 9.57. The van der Waals surface area contributed by atoms with Gasteiger partial charge in [-0.15, -0.1) is 0 Å². The van der Waals surface area contributed by atoms with Crippen LogP contribution in [0.15, 0.2) is 78.1 Å². The summed E-state index contributed by atoms with van der Waals surface area (Å²) in [5.41, 5.74) is -0.0752. The Bertz CT molecular complexity index is 1340. The summed E-state index contributed by atoms with van der Waals surface area (Å²) < 4.78 is 17.4. The van der Waals surface area contributed by atoms with Crippen molar-refractivity contribution >= 4 is 34.8 Å². The van der Waals surface area contributed by atoms with Crippen molar-refractivity contribution in [3.8, 4) is 11.5 Å². The van der Waals surface area contributed by atoms with Crippen LogP contribution in [0.2, 0.25) is 10.3 Å². The van der Waals surface area contributed by atoms with Gasteiger partial charge in [0.2, 0.25) is 0 Å². The Balaban J connectivity index is 0.000000204. The fourth-order valence-corrected chi connectivity index (χ4v) is 2.35. The second kappa shape index (κ2) is 13.3. The predicted octanol–water partition coefficient (Wildman–Crippen LogP) is 4.99. The SMILES string of the molecule is O=[N+]([O-])c1ccc(F)cn1.O=[N+]([O-])c1ccc(Oc2ccnc(Cl)c2)cn1.O=c1cc[nH]c(Cl)c1. The van der Waals surface area contributed by atoms with Gasteiger partial charge in [0.15, 0.2) is 29.4 Å². The fraction of sp³-hybridized carbons (Fsp3) is 0. The molecule has 0 aliphatic carbocycles. The Labute approximate surface area is 205 Å². The molecule has 4 aromatic heterocycles. The lowest BCUT2D eigenvalue weighted by Gasteiger charge is -2.03. The van der Waals surface area contributed by atoms with E-state index in [0.29, 0.717) is 21.8 Å². The second-order valence-electron chi connectivity index (χ2n) is 5.99. The van der Waals surface area contributed by atoms with Crippen LogP contribution in [0.1, 0.15) is 0 Å². The van der Waals surface area contributed by atoms with E-state index in [4.69, 9.17) is 27.9 Å². The summed E-state index contributed by atoms with van der Waals surface area (Å²) in [6.45, 7) is 0. The molecule has 35 heavy (non-hydrogen) atoms. The minimum absolute atomic E-state index is 0.0752. The molecule has 0 radical (unpaired) electrons. The monoisotopic (exact) mass is 522 g/mol. The van der Waals surface area contributed by atoms with Crippen LogP contribution in [-0.2, 0) is 0 Å². The molecule has 4 rings (SSSR count). The van der Waals surface area contributed by atoms with E-state index in [1.165, 1.54) is 48.9 Å². The van der Waals surface area contributed by atoms with Gasteiger partial charge < -0.3 is 29.9 Å². The first kappa shape index (κ1) is 26.8. The third kappa shape index (κ3) is 9.89. The van der Waals surface area contributed by atoms with Crippen LogP contribution in [0.25, 0.3) is 0 Å². The molecule has 0 atom stereocenters. The van der Waals surface area contributed by atoms with Crippen LogP contribution in [0.4, 0.5) is 16.0 Å². The van der Waals surface area contributed by atoms with Gasteiger partial charge in [-0.05, 0) is 38.0 Å². The van der Waals surface area contributed by atoms with Crippen LogP contribution in [0.5, 0.6) is 11.5 Å². The van der Waals surface area contributed by atoms with Crippen molar-refractivity contribution in [1.29, 1.82) is 0 Å². The van der Waals surface area contributed by atoms with E-state index in [9.17, 15) is 29.4 Å². The largest absolute Gasteiger partial charge is 0.453 e. The first-order chi connectivity index (χ1) is 16.6. The highest BCUT2D eigenvalue weighted by molar-refractivity contribution is 6.29. The highest BCUT2D eigenvalue weighted by Crippen LogP contribution is 2.23. The van der Waals surface area contributed by atoms with Gasteiger partial charge in [0.25, 0.3) is 0 Å². The van der Waals surface area contributed by atoms with Crippen molar-refractivity contribution in [1.82, 2.24) is 19.9 Å². The van der Waals surface area contributed by atoms with Crippen molar-refractivity contribution in [3.05, 3.63) is 120 Å².